The summed E-state index contributed by atoms with van der Waals surface area (Å²) in [6.07, 6.45) is 0. The molecule has 22 heavy (non-hydrogen) atoms. The van der Waals surface area contributed by atoms with Crippen molar-refractivity contribution in [3.8, 4) is 17.2 Å². The number of nitriles is 1. The molecule has 0 fully saturated rings. The molecule has 0 amide bonds. The Hall–Kier alpha value is -1.77. The van der Waals surface area contributed by atoms with Crippen molar-refractivity contribution >= 4 is 28.4 Å². The summed E-state index contributed by atoms with van der Waals surface area (Å²) < 4.78 is 0. The zero-order valence-electron chi connectivity index (χ0n) is 11.7. The Morgan fingerprint density at radius 1 is 0.727 bits per heavy atom. The van der Waals surface area contributed by atoms with Gasteiger partial charge in [0.2, 0.25) is 0 Å². The number of halogens is 1. The fraction of sp³-hybridized carbons (Fsp3) is 0. The molecule has 4 rings (SSSR count). The lowest BCUT2D eigenvalue weighted by Crippen LogP contribution is -1.91. The van der Waals surface area contributed by atoms with Crippen LogP contribution in [0, 0.1) is 11.3 Å². The van der Waals surface area contributed by atoms with Gasteiger partial charge in [-0.3, -0.25) is 0 Å². The van der Waals surface area contributed by atoms with E-state index in [0.717, 1.165) is 0 Å². The van der Waals surface area contributed by atoms with Crippen LogP contribution in [0.3, 0.4) is 0 Å². The van der Waals surface area contributed by atoms with Crippen molar-refractivity contribution in [1.29, 1.82) is 5.26 Å². The number of nitrogens with zero attached hydrogens (tertiary/aromatic N) is 1. The molecule has 0 spiro atoms. The lowest BCUT2D eigenvalue weighted by atomic mass is 10.1. The second-order valence-corrected chi connectivity index (χ2v) is 11.6. The van der Waals surface area contributed by atoms with E-state index in [4.69, 9.17) is 5.26 Å². The average molecular weight is 413 g/mol. The Kier molecular flexibility index (Phi) is 3.24. The van der Waals surface area contributed by atoms with E-state index in [-0.39, 0.29) is 0 Å². The summed E-state index contributed by atoms with van der Waals surface area (Å²) >= 11 is 2.64. The summed E-state index contributed by atoms with van der Waals surface area (Å²) in [4.78, 5) is 4.10. The van der Waals surface area contributed by atoms with Crippen LogP contribution in [0.5, 0.6) is 0 Å². The minimum Gasteiger partial charge on any atom is -0.192 e. The molecule has 1 nitrogen and oxygen atoms in total. The van der Waals surface area contributed by atoms with E-state index in [0.29, 0.717) is 5.56 Å². The zero-order valence-corrected chi connectivity index (χ0v) is 14.6. The Balaban J connectivity index is 2.02. The van der Waals surface area contributed by atoms with Crippen molar-refractivity contribution in [1.82, 2.24) is 0 Å². The second kappa shape index (κ2) is 5.15. The molecular formula is C19H12INS. The monoisotopic (exact) mass is 413 g/mol. The normalized spacial score (nSPS) is 15.5. The molecule has 3 aromatic carbocycles. The van der Waals surface area contributed by atoms with Gasteiger partial charge in [-0.25, -0.2) is 0 Å². The van der Waals surface area contributed by atoms with Crippen LogP contribution in [0.2, 0.25) is 0 Å². The summed E-state index contributed by atoms with van der Waals surface area (Å²) in [5, 5.41) is 9.03. The molecule has 0 bridgehead atoms. The van der Waals surface area contributed by atoms with Crippen LogP contribution >= 0.6 is 28.4 Å². The molecule has 106 valence electrons. The van der Waals surface area contributed by atoms with Gasteiger partial charge in [0.15, 0.2) is 0 Å². The van der Waals surface area contributed by atoms with Crippen molar-refractivity contribution < 1.29 is 0 Å². The molecule has 3 aromatic rings. The first-order chi connectivity index (χ1) is 10.7. The zero-order chi connectivity index (χ0) is 15.2. The van der Waals surface area contributed by atoms with E-state index >= 15 is 0 Å². The minimum atomic E-state index is -1.27. The summed E-state index contributed by atoms with van der Waals surface area (Å²) in [6.45, 7) is 0. The third-order valence-electron chi connectivity index (χ3n) is 3.98. The molecule has 1 aliphatic heterocycles. The van der Waals surface area contributed by atoms with Crippen LogP contribution in [-0.4, -0.2) is 0 Å². The minimum absolute atomic E-state index is 0.711. The predicted molar refractivity (Wildman–Crippen MR) is 99.4 cm³/mol. The van der Waals surface area contributed by atoms with E-state index in [1.807, 2.05) is 12.1 Å². The molecule has 0 aromatic heterocycles. The molecule has 1 heterocycles. The van der Waals surface area contributed by atoms with Crippen molar-refractivity contribution in [2.45, 2.75) is 14.7 Å². The van der Waals surface area contributed by atoms with Gasteiger partial charge in [-0.05, 0) is 68.7 Å². The molecule has 0 saturated heterocycles. The molecule has 0 saturated carbocycles. The summed E-state index contributed by atoms with van der Waals surface area (Å²) in [5.74, 6) is 0. The molecule has 3 heteroatoms. The number of hydrogen-bond acceptors (Lipinski definition) is 1. The Morgan fingerprint density at radius 3 is 1.73 bits per heavy atom. The molecule has 0 unspecified atom stereocenters. The van der Waals surface area contributed by atoms with Crippen LogP contribution in [0.15, 0.2) is 87.5 Å². The predicted octanol–water partition coefficient (Wildman–Crippen LogP) is 6.17. The van der Waals surface area contributed by atoms with E-state index in [1.165, 1.54) is 25.8 Å². The van der Waals surface area contributed by atoms with Gasteiger partial charge in [-0.1, -0.05) is 36.4 Å². The fourth-order valence-electron chi connectivity index (χ4n) is 2.96. The number of rotatable bonds is 1. The third kappa shape index (κ3) is 1.84. The van der Waals surface area contributed by atoms with Gasteiger partial charge in [0, 0.05) is 14.7 Å². The first-order valence-electron chi connectivity index (χ1n) is 6.97. The van der Waals surface area contributed by atoms with Gasteiger partial charge in [-0.15, -0.1) is 7.20 Å². The number of fused-ring (bicyclic) bond motifs is 3. The largest absolute Gasteiger partial charge is 0.192 e. The quantitative estimate of drug-likeness (QED) is 0.438. The second-order valence-electron chi connectivity index (χ2n) is 5.17. The highest BCUT2D eigenvalue weighted by molar-refractivity contribution is 14.2. The van der Waals surface area contributed by atoms with Crippen LogP contribution in [0.1, 0.15) is 5.56 Å². The maximum atomic E-state index is 9.03. The fourth-order valence-corrected chi connectivity index (χ4v) is 8.89. The SMILES string of the molecule is N#Cc1ccc(S2(I)c3ccccc3-c3ccccc32)cc1. The third-order valence-corrected chi connectivity index (χ3v) is 11.2. The van der Waals surface area contributed by atoms with E-state index in [1.54, 1.807) is 0 Å². The van der Waals surface area contributed by atoms with Gasteiger partial charge in [-0.2, -0.15) is 5.26 Å². The van der Waals surface area contributed by atoms with Gasteiger partial charge < -0.3 is 0 Å². The van der Waals surface area contributed by atoms with E-state index < -0.39 is 7.20 Å². The highest BCUT2D eigenvalue weighted by atomic mass is 127. The van der Waals surface area contributed by atoms with Crippen LogP contribution in [-0.2, 0) is 0 Å². The molecule has 1 aliphatic rings. The molecule has 0 atom stereocenters. The van der Waals surface area contributed by atoms with Gasteiger partial charge in [0.25, 0.3) is 0 Å². The Bertz CT molecular complexity index is 864. The summed E-state index contributed by atoms with van der Waals surface area (Å²) in [6, 6.07) is 27.6. The van der Waals surface area contributed by atoms with Gasteiger partial charge in [0.1, 0.15) is 0 Å². The molecular weight excluding hydrogens is 401 g/mol. The lowest BCUT2D eigenvalue weighted by molar-refractivity contribution is 1.37. The number of hydrogen-bond donors (Lipinski definition) is 0. The highest BCUT2D eigenvalue weighted by Crippen LogP contribution is 2.80. The van der Waals surface area contributed by atoms with Crippen LogP contribution in [0.4, 0.5) is 0 Å². The first kappa shape index (κ1) is 13.9. The van der Waals surface area contributed by atoms with Crippen molar-refractivity contribution in [2.24, 2.45) is 0 Å². The van der Waals surface area contributed by atoms with Crippen molar-refractivity contribution in [3.63, 3.8) is 0 Å². The lowest BCUT2D eigenvalue weighted by Gasteiger charge is -2.31. The smallest absolute Gasteiger partial charge is 0.0991 e. The van der Waals surface area contributed by atoms with Crippen molar-refractivity contribution in [3.05, 3.63) is 78.4 Å². The highest BCUT2D eigenvalue weighted by Gasteiger charge is 2.37. The molecule has 0 radical (unpaired) electrons. The Morgan fingerprint density at radius 2 is 1.23 bits per heavy atom. The maximum Gasteiger partial charge on any atom is 0.0991 e. The van der Waals surface area contributed by atoms with Gasteiger partial charge in [0.05, 0.1) is 11.6 Å². The topological polar surface area (TPSA) is 23.8 Å². The summed E-state index contributed by atoms with van der Waals surface area (Å²) in [7, 11) is -1.27. The summed E-state index contributed by atoms with van der Waals surface area (Å²) in [5.41, 5.74) is 3.39. The standard InChI is InChI=1S/C19H12INS/c20-22(15-11-9-14(13-21)10-12-15)18-7-3-1-5-16(18)17-6-2-4-8-19(17)22/h1-12H. The maximum absolute atomic E-state index is 9.03. The molecule has 0 aliphatic carbocycles. The van der Waals surface area contributed by atoms with Crippen LogP contribution < -0.4 is 0 Å². The average Bonchev–Trinajstić information content (AvgIpc) is 2.86. The molecule has 0 N–H and O–H groups in total. The van der Waals surface area contributed by atoms with Crippen molar-refractivity contribution in [2.75, 3.05) is 0 Å². The first-order valence-corrected chi connectivity index (χ1v) is 11.1. The van der Waals surface area contributed by atoms with Crippen LogP contribution in [0.25, 0.3) is 11.1 Å². The van der Waals surface area contributed by atoms with E-state index in [2.05, 4.69) is 87.9 Å². The van der Waals surface area contributed by atoms with E-state index in [9.17, 15) is 0 Å². The number of benzene rings is 3. The Labute approximate surface area is 143 Å². The van der Waals surface area contributed by atoms with Gasteiger partial charge >= 0.3 is 0 Å².